The van der Waals surface area contributed by atoms with Crippen molar-refractivity contribution in [3.8, 4) is 5.75 Å². The second-order valence-corrected chi connectivity index (χ2v) is 4.48. The second-order valence-electron chi connectivity index (χ2n) is 4.48. The monoisotopic (exact) mass is 282 g/mol. The fraction of sp³-hybridized carbons (Fsp3) is 0. The van der Waals surface area contributed by atoms with Crippen LogP contribution in [0.3, 0.4) is 0 Å². The predicted molar refractivity (Wildman–Crippen MR) is 72.5 cm³/mol. The van der Waals surface area contributed by atoms with Crippen molar-refractivity contribution in [3.63, 3.8) is 0 Å². The van der Waals surface area contributed by atoms with Gasteiger partial charge in [-0.3, -0.25) is 19.8 Å². The van der Waals surface area contributed by atoms with Crippen LogP contribution in [0.15, 0.2) is 48.5 Å². The Kier molecular flexibility index (Phi) is 2.91. The Morgan fingerprint density at radius 2 is 1.43 bits per heavy atom. The van der Waals surface area contributed by atoms with Gasteiger partial charge in [-0.05, 0) is 36.4 Å². The summed E-state index contributed by atoms with van der Waals surface area (Å²) >= 11 is 0. The lowest BCUT2D eigenvalue weighted by Crippen LogP contribution is -2.45. The maximum absolute atomic E-state index is 12.1. The van der Waals surface area contributed by atoms with E-state index in [2.05, 4.69) is 5.43 Å². The SMILES string of the molecule is O=C(NN1C(=O)c2ccccc2C1=O)c1ccc(O)cc1. The van der Waals surface area contributed by atoms with E-state index >= 15 is 0 Å². The van der Waals surface area contributed by atoms with Crippen LogP contribution in [-0.2, 0) is 0 Å². The third-order valence-corrected chi connectivity index (χ3v) is 3.14. The first kappa shape index (κ1) is 12.9. The summed E-state index contributed by atoms with van der Waals surface area (Å²) in [6, 6.07) is 11.8. The Balaban J connectivity index is 1.84. The highest BCUT2D eigenvalue weighted by Gasteiger charge is 2.36. The van der Waals surface area contributed by atoms with Crippen molar-refractivity contribution in [2.45, 2.75) is 0 Å². The molecule has 0 aromatic heterocycles. The number of nitrogens with zero attached hydrogens (tertiary/aromatic N) is 1. The number of hydrogen-bond acceptors (Lipinski definition) is 4. The van der Waals surface area contributed by atoms with E-state index in [1.165, 1.54) is 36.4 Å². The number of carbonyl (C=O) groups is 3. The first-order chi connectivity index (χ1) is 10.1. The minimum absolute atomic E-state index is 0.0206. The average Bonchev–Trinajstić information content (AvgIpc) is 2.73. The molecule has 0 radical (unpaired) electrons. The first-order valence-electron chi connectivity index (χ1n) is 6.16. The van der Waals surface area contributed by atoms with Gasteiger partial charge in [0.15, 0.2) is 0 Å². The molecule has 3 amide bonds. The number of rotatable bonds is 2. The summed E-state index contributed by atoms with van der Waals surface area (Å²) in [7, 11) is 0. The molecule has 6 heteroatoms. The lowest BCUT2D eigenvalue weighted by Gasteiger charge is -2.14. The van der Waals surface area contributed by atoms with Gasteiger partial charge >= 0.3 is 0 Å². The van der Waals surface area contributed by atoms with Crippen molar-refractivity contribution in [2.24, 2.45) is 0 Å². The van der Waals surface area contributed by atoms with Gasteiger partial charge in [0, 0.05) is 5.56 Å². The summed E-state index contributed by atoms with van der Waals surface area (Å²) in [5, 5.41) is 9.87. The van der Waals surface area contributed by atoms with Crippen molar-refractivity contribution >= 4 is 17.7 Å². The van der Waals surface area contributed by atoms with E-state index < -0.39 is 17.7 Å². The molecule has 1 aliphatic rings. The molecule has 0 bridgehead atoms. The summed E-state index contributed by atoms with van der Waals surface area (Å²) < 4.78 is 0. The molecule has 0 aliphatic carbocycles. The smallest absolute Gasteiger partial charge is 0.280 e. The van der Waals surface area contributed by atoms with Gasteiger partial charge in [0.2, 0.25) is 0 Å². The number of hydrazine groups is 1. The molecular weight excluding hydrogens is 272 g/mol. The van der Waals surface area contributed by atoms with Crippen molar-refractivity contribution in [3.05, 3.63) is 65.2 Å². The topological polar surface area (TPSA) is 86.7 Å². The number of carbonyl (C=O) groups excluding carboxylic acids is 3. The molecular formula is C15H10N2O4. The molecule has 2 aromatic carbocycles. The molecule has 0 spiro atoms. The van der Waals surface area contributed by atoms with Gasteiger partial charge in [-0.2, -0.15) is 5.01 Å². The molecule has 0 fully saturated rings. The Morgan fingerprint density at radius 1 is 0.905 bits per heavy atom. The minimum Gasteiger partial charge on any atom is -0.508 e. The van der Waals surface area contributed by atoms with Gasteiger partial charge in [0.05, 0.1) is 11.1 Å². The highest BCUT2D eigenvalue weighted by Crippen LogP contribution is 2.21. The fourth-order valence-corrected chi connectivity index (χ4v) is 2.07. The van der Waals surface area contributed by atoms with Crippen LogP contribution < -0.4 is 5.43 Å². The third kappa shape index (κ3) is 2.12. The van der Waals surface area contributed by atoms with Crippen LogP contribution in [0, 0.1) is 0 Å². The van der Waals surface area contributed by atoms with Crippen molar-refractivity contribution in [1.29, 1.82) is 0 Å². The molecule has 1 heterocycles. The number of nitrogens with one attached hydrogen (secondary N) is 1. The molecule has 104 valence electrons. The van der Waals surface area contributed by atoms with Crippen LogP contribution in [0.2, 0.25) is 0 Å². The molecule has 2 N–H and O–H groups in total. The number of hydrogen-bond donors (Lipinski definition) is 2. The standard InChI is InChI=1S/C15H10N2O4/c18-10-7-5-9(6-8-10)13(19)16-17-14(20)11-3-1-2-4-12(11)15(17)21/h1-8,18H,(H,16,19). The number of amides is 3. The first-order valence-corrected chi connectivity index (χ1v) is 6.16. The zero-order chi connectivity index (χ0) is 15.0. The van der Waals surface area contributed by atoms with Crippen LogP contribution in [-0.4, -0.2) is 27.8 Å². The number of aromatic hydroxyl groups is 1. The quantitative estimate of drug-likeness (QED) is 0.814. The Morgan fingerprint density at radius 3 is 1.95 bits per heavy atom. The molecule has 3 rings (SSSR count). The third-order valence-electron chi connectivity index (χ3n) is 3.14. The molecule has 0 unspecified atom stereocenters. The summed E-state index contributed by atoms with van der Waals surface area (Å²) in [5.74, 6) is -1.72. The van der Waals surface area contributed by atoms with Crippen molar-refractivity contribution in [2.75, 3.05) is 0 Å². The lowest BCUT2D eigenvalue weighted by atomic mass is 10.1. The van der Waals surface area contributed by atoms with E-state index in [4.69, 9.17) is 0 Å². The molecule has 0 saturated heterocycles. The summed E-state index contributed by atoms with van der Waals surface area (Å²) in [4.78, 5) is 36.2. The van der Waals surface area contributed by atoms with Crippen LogP contribution in [0.5, 0.6) is 5.75 Å². The normalized spacial score (nSPS) is 13.2. The second kappa shape index (κ2) is 4.75. The fourth-order valence-electron chi connectivity index (χ4n) is 2.07. The van der Waals surface area contributed by atoms with Crippen LogP contribution >= 0.6 is 0 Å². The van der Waals surface area contributed by atoms with E-state index in [1.807, 2.05) is 0 Å². The van der Waals surface area contributed by atoms with Gasteiger partial charge < -0.3 is 5.11 Å². The van der Waals surface area contributed by atoms with E-state index in [1.54, 1.807) is 12.1 Å². The highest BCUT2D eigenvalue weighted by molar-refractivity contribution is 6.22. The Labute approximate surface area is 119 Å². The largest absolute Gasteiger partial charge is 0.508 e. The number of imide groups is 1. The minimum atomic E-state index is -0.607. The zero-order valence-electron chi connectivity index (χ0n) is 10.7. The van der Waals surface area contributed by atoms with Crippen LogP contribution in [0.4, 0.5) is 0 Å². The lowest BCUT2D eigenvalue weighted by molar-refractivity contribution is 0.0518. The van der Waals surface area contributed by atoms with Crippen LogP contribution in [0.1, 0.15) is 31.1 Å². The number of phenols is 1. The summed E-state index contributed by atoms with van der Waals surface area (Å²) in [5.41, 5.74) is 3.02. The molecule has 6 nitrogen and oxygen atoms in total. The zero-order valence-corrected chi connectivity index (χ0v) is 10.7. The summed E-state index contributed by atoms with van der Waals surface area (Å²) in [6.45, 7) is 0. The van der Waals surface area contributed by atoms with E-state index in [-0.39, 0.29) is 22.4 Å². The average molecular weight is 282 g/mol. The van der Waals surface area contributed by atoms with Gasteiger partial charge in [-0.1, -0.05) is 12.1 Å². The van der Waals surface area contributed by atoms with Gasteiger partial charge in [-0.25, -0.2) is 0 Å². The number of benzene rings is 2. The summed E-state index contributed by atoms with van der Waals surface area (Å²) in [6.07, 6.45) is 0. The number of phenolic OH excluding ortho intramolecular Hbond substituents is 1. The van der Waals surface area contributed by atoms with E-state index in [9.17, 15) is 19.5 Å². The van der Waals surface area contributed by atoms with E-state index in [0.717, 1.165) is 0 Å². The maximum atomic E-state index is 12.1. The van der Waals surface area contributed by atoms with Gasteiger partial charge in [0.25, 0.3) is 17.7 Å². The molecule has 21 heavy (non-hydrogen) atoms. The maximum Gasteiger partial charge on any atom is 0.280 e. The highest BCUT2D eigenvalue weighted by atomic mass is 16.3. The molecule has 1 aliphatic heterocycles. The van der Waals surface area contributed by atoms with Crippen LogP contribution in [0.25, 0.3) is 0 Å². The Bertz CT molecular complexity index is 718. The molecule has 0 atom stereocenters. The number of fused-ring (bicyclic) bond motifs is 1. The molecule has 2 aromatic rings. The molecule has 0 saturated carbocycles. The van der Waals surface area contributed by atoms with Gasteiger partial charge in [0.1, 0.15) is 5.75 Å². The van der Waals surface area contributed by atoms with Crippen molar-refractivity contribution in [1.82, 2.24) is 10.4 Å². The van der Waals surface area contributed by atoms with E-state index in [0.29, 0.717) is 5.01 Å². The van der Waals surface area contributed by atoms with Crippen molar-refractivity contribution < 1.29 is 19.5 Å². The van der Waals surface area contributed by atoms with Gasteiger partial charge in [-0.15, -0.1) is 0 Å². The predicted octanol–water partition coefficient (Wildman–Crippen LogP) is 1.33. The Hall–Kier alpha value is -3.15.